The van der Waals surface area contributed by atoms with Crippen molar-refractivity contribution in [2.24, 2.45) is 11.8 Å². The quantitative estimate of drug-likeness (QED) is 0.0222. The third-order valence-electron chi connectivity index (χ3n) is 17.7. The number of aliphatic hydroxyl groups excluding tert-OH is 1. The summed E-state index contributed by atoms with van der Waals surface area (Å²) in [5.74, 6) is -0.528. The van der Waals surface area contributed by atoms with Crippen LogP contribution in [0.1, 0.15) is 395 Å². The highest BCUT2D eigenvalue weighted by atomic mass is 31.2. The molecule has 564 valence electrons. The van der Waals surface area contributed by atoms with Crippen molar-refractivity contribution in [3.05, 3.63) is 0 Å². The van der Waals surface area contributed by atoms with Crippen LogP contribution in [0.15, 0.2) is 0 Å². The van der Waals surface area contributed by atoms with Crippen LogP contribution >= 0.6 is 15.6 Å². The number of unbranched alkanes of at least 4 members (excludes halogenated alkanes) is 45. The summed E-state index contributed by atoms with van der Waals surface area (Å²) in [6.45, 7) is 9.63. The fraction of sp³-hybridized carbons (Fsp3) is 0.947. The summed E-state index contributed by atoms with van der Waals surface area (Å²) in [6, 6.07) is 0. The zero-order chi connectivity index (χ0) is 70.0. The standard InChI is InChI=1S/C76H148O17P2/c1-7-9-11-13-15-17-18-22-30-36-42-48-54-60-75(80)92-71(64-86-73(78)58-52-46-40-32-16-14-12-10-8-2)66-90-94(82,83)88-62-70(77)63-89-95(84,85)91-67-72(65-87-74(79)59-53-47-41-35-29-26-21-24-28-34-39-45-51-57-69(5)6)93-76(81)61-55-49-43-37-31-25-20-19-23-27-33-38-44-50-56-68(3)4/h68-72,77H,7-67H2,1-6H3,(H,82,83)(H,84,85)/t70-,71+,72+/m0/s1. The Bertz CT molecular complexity index is 1840. The number of rotatable bonds is 75. The molecule has 0 saturated carbocycles. The van der Waals surface area contributed by atoms with Gasteiger partial charge >= 0.3 is 39.5 Å². The Morgan fingerprint density at radius 2 is 0.484 bits per heavy atom. The van der Waals surface area contributed by atoms with Crippen LogP contribution in [0.2, 0.25) is 0 Å². The first-order chi connectivity index (χ1) is 45.9. The van der Waals surface area contributed by atoms with Gasteiger partial charge in [-0.05, 0) is 37.5 Å². The van der Waals surface area contributed by atoms with E-state index >= 15 is 0 Å². The molecule has 0 aliphatic heterocycles. The first-order valence-electron chi connectivity index (χ1n) is 39.5. The summed E-state index contributed by atoms with van der Waals surface area (Å²) < 4.78 is 68.5. The fourth-order valence-corrected chi connectivity index (χ4v) is 13.2. The minimum atomic E-state index is -4.96. The van der Waals surface area contributed by atoms with Gasteiger partial charge in [0.25, 0.3) is 0 Å². The number of carbonyl (C=O) groups is 4. The minimum absolute atomic E-state index is 0.108. The molecule has 95 heavy (non-hydrogen) atoms. The number of hydrogen-bond acceptors (Lipinski definition) is 15. The lowest BCUT2D eigenvalue weighted by molar-refractivity contribution is -0.161. The second kappa shape index (κ2) is 67.9. The van der Waals surface area contributed by atoms with Gasteiger partial charge in [-0.2, -0.15) is 0 Å². The van der Waals surface area contributed by atoms with Gasteiger partial charge in [-0.15, -0.1) is 0 Å². The van der Waals surface area contributed by atoms with E-state index in [9.17, 15) is 43.2 Å². The molecule has 0 spiro atoms. The van der Waals surface area contributed by atoms with Gasteiger partial charge < -0.3 is 33.8 Å². The van der Waals surface area contributed by atoms with Crippen LogP contribution in [0.4, 0.5) is 0 Å². The predicted molar refractivity (Wildman–Crippen MR) is 386 cm³/mol. The molecular weight excluding hydrogens is 1250 g/mol. The predicted octanol–water partition coefficient (Wildman–Crippen LogP) is 22.3. The molecule has 2 unspecified atom stereocenters. The number of hydrogen-bond donors (Lipinski definition) is 3. The second-order valence-electron chi connectivity index (χ2n) is 28.3. The van der Waals surface area contributed by atoms with Crippen molar-refractivity contribution in [2.75, 3.05) is 39.6 Å². The Labute approximate surface area is 581 Å². The van der Waals surface area contributed by atoms with Gasteiger partial charge in [0, 0.05) is 25.7 Å². The lowest BCUT2D eigenvalue weighted by Crippen LogP contribution is -2.30. The van der Waals surface area contributed by atoms with Gasteiger partial charge in [0.15, 0.2) is 12.2 Å². The third-order valence-corrected chi connectivity index (χ3v) is 19.6. The van der Waals surface area contributed by atoms with Crippen molar-refractivity contribution >= 4 is 39.5 Å². The van der Waals surface area contributed by atoms with Gasteiger partial charge in [-0.25, -0.2) is 9.13 Å². The van der Waals surface area contributed by atoms with Gasteiger partial charge in [0.2, 0.25) is 0 Å². The van der Waals surface area contributed by atoms with E-state index in [1.165, 1.54) is 212 Å². The van der Waals surface area contributed by atoms with Crippen molar-refractivity contribution in [2.45, 2.75) is 413 Å². The van der Waals surface area contributed by atoms with Crippen molar-refractivity contribution in [3.63, 3.8) is 0 Å². The minimum Gasteiger partial charge on any atom is -0.462 e. The monoisotopic (exact) mass is 1400 g/mol. The van der Waals surface area contributed by atoms with Crippen LogP contribution < -0.4 is 0 Å². The summed E-state index contributed by atoms with van der Waals surface area (Å²) in [6.07, 6.45) is 55.4. The largest absolute Gasteiger partial charge is 0.472 e. The van der Waals surface area contributed by atoms with Crippen LogP contribution in [-0.4, -0.2) is 96.7 Å². The van der Waals surface area contributed by atoms with Crippen LogP contribution in [0.3, 0.4) is 0 Å². The molecule has 17 nitrogen and oxygen atoms in total. The zero-order valence-corrected chi connectivity index (χ0v) is 63.8. The van der Waals surface area contributed by atoms with Crippen LogP contribution in [0, 0.1) is 11.8 Å². The van der Waals surface area contributed by atoms with Crippen LogP contribution in [0.25, 0.3) is 0 Å². The molecule has 0 radical (unpaired) electrons. The molecule has 0 bridgehead atoms. The van der Waals surface area contributed by atoms with E-state index in [2.05, 4.69) is 41.5 Å². The lowest BCUT2D eigenvalue weighted by atomic mass is 10.0. The van der Waals surface area contributed by atoms with E-state index in [1.54, 1.807) is 0 Å². The number of aliphatic hydroxyl groups is 1. The maximum absolute atomic E-state index is 13.1. The molecule has 0 heterocycles. The maximum Gasteiger partial charge on any atom is 0.472 e. The Balaban J connectivity index is 5.23. The van der Waals surface area contributed by atoms with Crippen molar-refractivity contribution in [3.8, 4) is 0 Å². The van der Waals surface area contributed by atoms with E-state index in [-0.39, 0.29) is 25.7 Å². The first kappa shape index (κ1) is 93.1. The third kappa shape index (κ3) is 70.3. The fourth-order valence-electron chi connectivity index (χ4n) is 11.7. The van der Waals surface area contributed by atoms with E-state index in [1.807, 2.05) is 0 Å². The molecule has 0 amide bonds. The summed E-state index contributed by atoms with van der Waals surface area (Å²) in [5.41, 5.74) is 0. The molecule has 0 aromatic carbocycles. The zero-order valence-electron chi connectivity index (χ0n) is 62.0. The molecule has 0 aromatic heterocycles. The smallest absolute Gasteiger partial charge is 0.462 e. The van der Waals surface area contributed by atoms with E-state index in [0.29, 0.717) is 25.7 Å². The van der Waals surface area contributed by atoms with E-state index < -0.39 is 97.5 Å². The van der Waals surface area contributed by atoms with Gasteiger partial charge in [0.1, 0.15) is 19.3 Å². The van der Waals surface area contributed by atoms with Gasteiger partial charge in [0.05, 0.1) is 26.4 Å². The number of ether oxygens (including phenoxy) is 4. The molecule has 0 aromatic rings. The molecule has 0 fully saturated rings. The summed E-state index contributed by atoms with van der Waals surface area (Å²) >= 11 is 0. The summed E-state index contributed by atoms with van der Waals surface area (Å²) in [7, 11) is -9.91. The number of esters is 4. The Morgan fingerprint density at radius 1 is 0.284 bits per heavy atom. The Hall–Kier alpha value is -1.94. The first-order valence-corrected chi connectivity index (χ1v) is 42.5. The second-order valence-corrected chi connectivity index (χ2v) is 31.3. The molecule has 3 N–H and O–H groups in total. The molecule has 0 aliphatic carbocycles. The average molecular weight is 1400 g/mol. The molecule has 0 aliphatic rings. The van der Waals surface area contributed by atoms with Gasteiger partial charge in [-0.1, -0.05) is 343 Å². The topological polar surface area (TPSA) is 237 Å². The Kier molecular flexibility index (Phi) is 66.5. The summed E-state index contributed by atoms with van der Waals surface area (Å²) in [4.78, 5) is 72.8. The molecular formula is C76H148O17P2. The highest BCUT2D eigenvalue weighted by Crippen LogP contribution is 2.45. The average Bonchev–Trinajstić information content (AvgIpc) is 1.37. The van der Waals surface area contributed by atoms with E-state index in [4.69, 9.17) is 37.0 Å². The number of carbonyl (C=O) groups excluding carboxylic acids is 4. The lowest BCUT2D eigenvalue weighted by Gasteiger charge is -2.21. The van der Waals surface area contributed by atoms with Crippen molar-refractivity contribution < 1.29 is 80.2 Å². The van der Waals surface area contributed by atoms with Crippen LogP contribution in [0.5, 0.6) is 0 Å². The summed E-state index contributed by atoms with van der Waals surface area (Å²) in [5, 5.41) is 10.6. The highest BCUT2D eigenvalue weighted by molar-refractivity contribution is 7.47. The van der Waals surface area contributed by atoms with Gasteiger partial charge in [-0.3, -0.25) is 37.3 Å². The molecule has 0 rings (SSSR count). The Morgan fingerprint density at radius 3 is 0.716 bits per heavy atom. The van der Waals surface area contributed by atoms with E-state index in [0.717, 1.165) is 102 Å². The van der Waals surface area contributed by atoms with Crippen molar-refractivity contribution in [1.82, 2.24) is 0 Å². The molecule has 5 atom stereocenters. The normalized spacial score (nSPS) is 14.0. The van der Waals surface area contributed by atoms with Crippen molar-refractivity contribution in [1.29, 1.82) is 0 Å². The number of phosphoric ester groups is 2. The SMILES string of the molecule is CCCCCCCCCCCCCCCC(=O)O[C@H](COC(=O)CCCCCCCCCCC)COP(=O)(O)OC[C@H](O)COP(=O)(O)OC[C@@H](COC(=O)CCCCCCCCCCCCCCCC(C)C)OC(=O)CCCCCCCCCCCCCCCCC(C)C. The maximum atomic E-state index is 13.1. The number of phosphoric acid groups is 2. The molecule has 0 saturated heterocycles. The highest BCUT2D eigenvalue weighted by Gasteiger charge is 2.30. The molecule has 19 heteroatoms. The van der Waals surface area contributed by atoms with Crippen LogP contribution in [-0.2, 0) is 65.4 Å².